The number of hydrogen-bond donors (Lipinski definition) is 1. The number of benzene rings is 1. The maximum Gasteiger partial charge on any atom is 0.358 e. The third-order valence-electron chi connectivity index (χ3n) is 3.23. The number of carboxylic acid groups (broad SMARTS) is 1. The zero-order valence-corrected chi connectivity index (χ0v) is 12.2. The number of rotatable bonds is 3. The van der Waals surface area contributed by atoms with Gasteiger partial charge in [-0.3, -0.25) is 0 Å². The smallest absolute Gasteiger partial charge is 0.358 e. The summed E-state index contributed by atoms with van der Waals surface area (Å²) in [6.07, 6.45) is 0. The molecule has 0 saturated carbocycles. The second kappa shape index (κ2) is 5.07. The summed E-state index contributed by atoms with van der Waals surface area (Å²) < 4.78 is 1.69. The lowest BCUT2D eigenvalue weighted by atomic mass is 9.90. The fraction of sp³-hybridized carbons (Fsp3) is 0.400. The minimum absolute atomic E-state index is 0.0334. The summed E-state index contributed by atoms with van der Waals surface area (Å²) in [5.41, 5.74) is 2.61. The predicted octanol–water partition coefficient (Wildman–Crippen LogP) is 2.63. The zero-order chi connectivity index (χ0) is 14.9. The van der Waals surface area contributed by atoms with Gasteiger partial charge in [-0.15, -0.1) is 5.10 Å². The van der Waals surface area contributed by atoms with Crippen molar-refractivity contribution in [2.45, 2.75) is 39.7 Å². The molecular formula is C15H19N3O2. The molecule has 0 unspecified atom stereocenters. The topological polar surface area (TPSA) is 68.0 Å². The van der Waals surface area contributed by atoms with Gasteiger partial charge >= 0.3 is 5.97 Å². The van der Waals surface area contributed by atoms with Gasteiger partial charge in [0.15, 0.2) is 5.69 Å². The van der Waals surface area contributed by atoms with Crippen molar-refractivity contribution in [2.24, 2.45) is 0 Å². The minimum atomic E-state index is -1.04. The Balaban J connectivity index is 2.48. The third kappa shape index (κ3) is 2.71. The van der Waals surface area contributed by atoms with Crippen LogP contribution < -0.4 is 0 Å². The van der Waals surface area contributed by atoms with Crippen LogP contribution in [0.3, 0.4) is 0 Å². The van der Waals surface area contributed by atoms with Crippen molar-refractivity contribution < 1.29 is 9.90 Å². The van der Waals surface area contributed by atoms with E-state index in [4.69, 9.17) is 0 Å². The van der Waals surface area contributed by atoms with Gasteiger partial charge in [0, 0.05) is 5.41 Å². The second-order valence-electron chi connectivity index (χ2n) is 5.93. The molecule has 0 aliphatic carbocycles. The lowest BCUT2D eigenvalue weighted by Crippen LogP contribution is -2.22. The molecule has 0 amide bonds. The average Bonchev–Trinajstić information content (AvgIpc) is 2.76. The van der Waals surface area contributed by atoms with E-state index in [1.54, 1.807) is 4.68 Å². The Bertz CT molecular complexity index is 639. The van der Waals surface area contributed by atoms with E-state index in [1.165, 1.54) is 0 Å². The first-order valence-electron chi connectivity index (χ1n) is 6.52. The van der Waals surface area contributed by atoms with Crippen LogP contribution in [0.2, 0.25) is 0 Å². The predicted molar refractivity (Wildman–Crippen MR) is 76.0 cm³/mol. The number of carbonyl (C=O) groups is 1. The Hall–Kier alpha value is -2.17. The highest BCUT2D eigenvalue weighted by Crippen LogP contribution is 2.25. The highest BCUT2D eigenvalue weighted by atomic mass is 16.4. The summed E-state index contributed by atoms with van der Waals surface area (Å²) in [7, 11) is 0. The summed E-state index contributed by atoms with van der Waals surface area (Å²) in [5, 5.41) is 17.1. The van der Waals surface area contributed by atoms with Crippen LogP contribution >= 0.6 is 0 Å². The molecule has 106 valence electrons. The van der Waals surface area contributed by atoms with E-state index in [1.807, 2.05) is 52.0 Å². The molecule has 0 radical (unpaired) electrons. The molecule has 5 heteroatoms. The zero-order valence-electron chi connectivity index (χ0n) is 12.2. The number of aryl methyl sites for hydroxylation is 1. The lowest BCUT2D eigenvalue weighted by Gasteiger charge is -2.20. The molecule has 20 heavy (non-hydrogen) atoms. The molecular weight excluding hydrogens is 254 g/mol. The first-order valence-corrected chi connectivity index (χ1v) is 6.52. The van der Waals surface area contributed by atoms with Crippen LogP contribution in [0.15, 0.2) is 24.3 Å². The van der Waals surface area contributed by atoms with Crippen molar-refractivity contribution in [3.63, 3.8) is 0 Å². The van der Waals surface area contributed by atoms with Crippen molar-refractivity contribution in [2.75, 3.05) is 0 Å². The molecule has 0 atom stereocenters. The van der Waals surface area contributed by atoms with Crippen LogP contribution in [-0.4, -0.2) is 26.1 Å². The highest BCUT2D eigenvalue weighted by Gasteiger charge is 2.28. The van der Waals surface area contributed by atoms with Gasteiger partial charge in [0.2, 0.25) is 0 Å². The molecule has 0 fully saturated rings. The van der Waals surface area contributed by atoms with Crippen molar-refractivity contribution in [1.82, 2.24) is 15.0 Å². The highest BCUT2D eigenvalue weighted by molar-refractivity contribution is 5.86. The molecule has 0 spiro atoms. The van der Waals surface area contributed by atoms with E-state index in [0.29, 0.717) is 12.2 Å². The average molecular weight is 273 g/mol. The number of aromatic nitrogens is 3. The molecule has 0 saturated heterocycles. The van der Waals surface area contributed by atoms with E-state index in [9.17, 15) is 9.90 Å². The SMILES string of the molecule is Cc1ccccc1Cn1nnc(C(=O)O)c1C(C)(C)C. The number of hydrogen-bond acceptors (Lipinski definition) is 3. The minimum Gasteiger partial charge on any atom is -0.476 e. The Morgan fingerprint density at radius 1 is 1.30 bits per heavy atom. The molecule has 1 aromatic carbocycles. The van der Waals surface area contributed by atoms with E-state index in [0.717, 1.165) is 11.1 Å². The number of nitrogens with zero attached hydrogens (tertiary/aromatic N) is 3. The number of aromatic carboxylic acids is 1. The quantitative estimate of drug-likeness (QED) is 0.933. The fourth-order valence-electron chi connectivity index (χ4n) is 2.26. The van der Waals surface area contributed by atoms with E-state index in [2.05, 4.69) is 10.3 Å². The third-order valence-corrected chi connectivity index (χ3v) is 3.23. The van der Waals surface area contributed by atoms with Gasteiger partial charge in [0.05, 0.1) is 12.2 Å². The van der Waals surface area contributed by atoms with Gasteiger partial charge in [-0.05, 0) is 18.1 Å². The molecule has 2 aromatic rings. The van der Waals surface area contributed by atoms with Gasteiger partial charge in [0.25, 0.3) is 0 Å². The second-order valence-corrected chi connectivity index (χ2v) is 5.93. The monoisotopic (exact) mass is 273 g/mol. The van der Waals surface area contributed by atoms with Crippen molar-refractivity contribution in [1.29, 1.82) is 0 Å². The van der Waals surface area contributed by atoms with Crippen molar-refractivity contribution in [3.8, 4) is 0 Å². The Morgan fingerprint density at radius 2 is 1.95 bits per heavy atom. The van der Waals surface area contributed by atoms with Crippen LogP contribution in [-0.2, 0) is 12.0 Å². The summed E-state index contributed by atoms with van der Waals surface area (Å²) in [6, 6.07) is 7.99. The van der Waals surface area contributed by atoms with Gasteiger partial charge in [-0.25, -0.2) is 9.48 Å². The Labute approximate surface area is 118 Å². The molecule has 5 nitrogen and oxygen atoms in total. The van der Waals surface area contributed by atoms with Gasteiger partial charge in [-0.2, -0.15) is 0 Å². The van der Waals surface area contributed by atoms with Gasteiger partial charge in [-0.1, -0.05) is 50.3 Å². The fourth-order valence-corrected chi connectivity index (χ4v) is 2.26. The Morgan fingerprint density at radius 3 is 2.50 bits per heavy atom. The van der Waals surface area contributed by atoms with Gasteiger partial charge in [0.1, 0.15) is 0 Å². The molecule has 1 aromatic heterocycles. The molecule has 0 bridgehead atoms. The lowest BCUT2D eigenvalue weighted by molar-refractivity contribution is 0.0687. The maximum absolute atomic E-state index is 11.3. The van der Waals surface area contributed by atoms with Gasteiger partial charge < -0.3 is 5.11 Å². The molecule has 1 heterocycles. The van der Waals surface area contributed by atoms with E-state index >= 15 is 0 Å². The summed E-state index contributed by atoms with van der Waals surface area (Å²) >= 11 is 0. The van der Waals surface area contributed by atoms with Crippen LogP contribution in [0.4, 0.5) is 0 Å². The van der Waals surface area contributed by atoms with Crippen LogP contribution in [0.1, 0.15) is 48.1 Å². The first kappa shape index (κ1) is 14.2. The molecule has 2 rings (SSSR count). The molecule has 0 aliphatic rings. The largest absolute Gasteiger partial charge is 0.476 e. The van der Waals surface area contributed by atoms with Crippen LogP contribution in [0.25, 0.3) is 0 Å². The van der Waals surface area contributed by atoms with E-state index < -0.39 is 5.97 Å². The van der Waals surface area contributed by atoms with Crippen LogP contribution in [0, 0.1) is 6.92 Å². The number of carboxylic acids is 1. The summed E-state index contributed by atoms with van der Waals surface area (Å²) in [5.74, 6) is -1.04. The first-order chi connectivity index (χ1) is 9.30. The van der Waals surface area contributed by atoms with Crippen molar-refractivity contribution in [3.05, 3.63) is 46.8 Å². The van der Waals surface area contributed by atoms with E-state index in [-0.39, 0.29) is 11.1 Å². The summed E-state index contributed by atoms with van der Waals surface area (Å²) in [6.45, 7) is 8.45. The van der Waals surface area contributed by atoms with Crippen LogP contribution in [0.5, 0.6) is 0 Å². The van der Waals surface area contributed by atoms with Crippen molar-refractivity contribution >= 4 is 5.97 Å². The molecule has 0 aliphatic heterocycles. The Kier molecular flexibility index (Phi) is 3.61. The normalized spacial score (nSPS) is 11.6. The maximum atomic E-state index is 11.3. The summed E-state index contributed by atoms with van der Waals surface area (Å²) in [4.78, 5) is 11.3. The molecule has 1 N–H and O–H groups in total. The standard InChI is InChI=1S/C15H19N3O2/c1-10-7-5-6-8-11(10)9-18-13(15(2,3)4)12(14(19)20)16-17-18/h5-8H,9H2,1-4H3,(H,19,20).